The van der Waals surface area contributed by atoms with Crippen molar-refractivity contribution in [3.05, 3.63) is 34.9 Å². The summed E-state index contributed by atoms with van der Waals surface area (Å²) >= 11 is 0. The summed E-state index contributed by atoms with van der Waals surface area (Å²) in [7, 11) is 1.94. The quantitative estimate of drug-likeness (QED) is 0.553. The Morgan fingerprint density at radius 3 is 2.79 bits per heavy atom. The Morgan fingerprint density at radius 1 is 1.29 bits per heavy atom. The van der Waals surface area contributed by atoms with Crippen LogP contribution in [0.4, 0.5) is 0 Å². The molecule has 14 heavy (non-hydrogen) atoms. The highest BCUT2D eigenvalue weighted by atomic mass is 14.8. The van der Waals surface area contributed by atoms with Crippen molar-refractivity contribution >= 4 is 0 Å². The van der Waals surface area contributed by atoms with E-state index in [1.807, 2.05) is 7.05 Å². The van der Waals surface area contributed by atoms with Crippen LogP contribution >= 0.6 is 0 Å². The molecule has 0 aliphatic carbocycles. The van der Waals surface area contributed by atoms with Crippen molar-refractivity contribution < 1.29 is 0 Å². The van der Waals surface area contributed by atoms with E-state index < -0.39 is 0 Å². The molecule has 0 radical (unpaired) electrons. The van der Waals surface area contributed by atoms with Crippen LogP contribution in [0.25, 0.3) is 0 Å². The molecule has 0 bridgehead atoms. The monoisotopic (exact) mass is 187 g/mol. The number of hydrogen-bond donors (Lipinski definition) is 1. The van der Waals surface area contributed by atoms with Crippen molar-refractivity contribution in [2.75, 3.05) is 13.6 Å². The number of nitrogens with one attached hydrogen (secondary N) is 1. The Kier molecular flexibility index (Phi) is 4.22. The van der Waals surface area contributed by atoms with Gasteiger partial charge in [0.25, 0.3) is 0 Å². The zero-order valence-electron chi connectivity index (χ0n) is 9.15. The number of hydrogen-bond acceptors (Lipinski definition) is 1. The van der Waals surface area contributed by atoms with Crippen molar-refractivity contribution in [1.29, 1.82) is 0 Å². The lowest BCUT2D eigenvalue weighted by atomic mass is 10.1. The fourth-order valence-electron chi connectivity index (χ4n) is 1.22. The fraction of sp³-hybridized carbons (Fsp3) is 0.385. The van der Waals surface area contributed by atoms with Crippen LogP contribution in [0.15, 0.2) is 18.2 Å². The van der Waals surface area contributed by atoms with Crippen LogP contribution in [0.2, 0.25) is 0 Å². The third-order valence-electron chi connectivity index (χ3n) is 2.12. The molecule has 1 nitrogen and oxygen atoms in total. The minimum absolute atomic E-state index is 0.907. The minimum atomic E-state index is 0.907. The number of rotatable bonds is 2. The largest absolute Gasteiger partial charge is 0.319 e. The smallest absolute Gasteiger partial charge is 0.0277 e. The van der Waals surface area contributed by atoms with Crippen molar-refractivity contribution in [2.45, 2.75) is 20.3 Å². The van der Waals surface area contributed by atoms with Gasteiger partial charge < -0.3 is 5.32 Å². The van der Waals surface area contributed by atoms with Crippen LogP contribution in [0.3, 0.4) is 0 Å². The molecule has 1 aromatic rings. The highest BCUT2D eigenvalue weighted by Gasteiger charge is 1.93. The standard InChI is InChI=1S/C13H17N/c1-11-7-8-12(2)13(10-11)6-4-5-9-14-3/h7-8,10,14H,5,9H2,1-3H3. The summed E-state index contributed by atoms with van der Waals surface area (Å²) in [6.45, 7) is 5.15. The van der Waals surface area contributed by atoms with E-state index in [9.17, 15) is 0 Å². The van der Waals surface area contributed by atoms with Crippen LogP contribution in [0.1, 0.15) is 23.1 Å². The first-order valence-electron chi connectivity index (χ1n) is 4.95. The molecule has 0 aliphatic heterocycles. The second-order valence-electron chi connectivity index (χ2n) is 3.47. The molecule has 1 rings (SSSR count). The van der Waals surface area contributed by atoms with Gasteiger partial charge in [0.15, 0.2) is 0 Å². The third kappa shape index (κ3) is 3.24. The van der Waals surface area contributed by atoms with E-state index >= 15 is 0 Å². The van der Waals surface area contributed by atoms with Gasteiger partial charge >= 0.3 is 0 Å². The number of aryl methyl sites for hydroxylation is 2. The fourth-order valence-corrected chi connectivity index (χ4v) is 1.22. The first-order chi connectivity index (χ1) is 6.74. The van der Waals surface area contributed by atoms with E-state index in [1.165, 1.54) is 11.1 Å². The molecule has 0 fully saturated rings. The van der Waals surface area contributed by atoms with Crippen molar-refractivity contribution in [3.63, 3.8) is 0 Å². The van der Waals surface area contributed by atoms with Crippen LogP contribution in [0, 0.1) is 25.7 Å². The summed E-state index contributed by atoms with van der Waals surface area (Å²) in [5.41, 5.74) is 3.68. The summed E-state index contributed by atoms with van der Waals surface area (Å²) < 4.78 is 0. The maximum Gasteiger partial charge on any atom is 0.0277 e. The highest BCUT2D eigenvalue weighted by molar-refractivity contribution is 5.42. The summed E-state index contributed by atoms with van der Waals surface area (Å²) in [6.07, 6.45) is 0.907. The van der Waals surface area contributed by atoms with Crippen LogP contribution in [-0.4, -0.2) is 13.6 Å². The summed E-state index contributed by atoms with van der Waals surface area (Å²) in [6, 6.07) is 6.38. The van der Waals surface area contributed by atoms with Gasteiger partial charge in [0.2, 0.25) is 0 Å². The molecule has 0 spiro atoms. The lowest BCUT2D eigenvalue weighted by Gasteiger charge is -1.98. The predicted octanol–water partition coefficient (Wildman–Crippen LogP) is 2.26. The van der Waals surface area contributed by atoms with Crippen molar-refractivity contribution in [3.8, 4) is 11.8 Å². The van der Waals surface area contributed by atoms with Crippen LogP contribution < -0.4 is 5.32 Å². The first-order valence-corrected chi connectivity index (χ1v) is 4.95. The molecule has 0 saturated heterocycles. The molecule has 0 atom stereocenters. The lowest BCUT2D eigenvalue weighted by molar-refractivity contribution is 0.818. The first kappa shape index (κ1) is 10.8. The zero-order chi connectivity index (χ0) is 10.4. The maximum atomic E-state index is 3.20. The molecule has 0 heterocycles. The molecule has 0 amide bonds. The van der Waals surface area contributed by atoms with Crippen LogP contribution in [-0.2, 0) is 0 Å². The van der Waals surface area contributed by atoms with E-state index in [2.05, 4.69) is 49.2 Å². The summed E-state index contributed by atoms with van der Waals surface area (Å²) in [5.74, 6) is 6.36. The van der Waals surface area contributed by atoms with Crippen molar-refractivity contribution in [1.82, 2.24) is 5.32 Å². The maximum absolute atomic E-state index is 3.20. The molecule has 1 heteroatoms. The normalized spacial score (nSPS) is 9.36. The third-order valence-corrected chi connectivity index (χ3v) is 2.12. The minimum Gasteiger partial charge on any atom is -0.319 e. The van der Waals surface area contributed by atoms with Gasteiger partial charge in [0.05, 0.1) is 0 Å². The average Bonchev–Trinajstić information content (AvgIpc) is 2.18. The van der Waals surface area contributed by atoms with Crippen LogP contribution in [0.5, 0.6) is 0 Å². The Labute approximate surface area is 86.5 Å². The van der Waals surface area contributed by atoms with Gasteiger partial charge in [-0.05, 0) is 38.1 Å². The van der Waals surface area contributed by atoms with E-state index in [4.69, 9.17) is 0 Å². The Bertz CT molecular complexity index is 355. The van der Waals surface area contributed by atoms with Gasteiger partial charge in [0.1, 0.15) is 0 Å². The van der Waals surface area contributed by atoms with E-state index in [-0.39, 0.29) is 0 Å². The predicted molar refractivity (Wildman–Crippen MR) is 61.3 cm³/mol. The Morgan fingerprint density at radius 2 is 2.07 bits per heavy atom. The molecule has 1 aromatic carbocycles. The van der Waals surface area contributed by atoms with Gasteiger partial charge in [-0.1, -0.05) is 24.0 Å². The van der Waals surface area contributed by atoms with Gasteiger partial charge in [-0.3, -0.25) is 0 Å². The second kappa shape index (κ2) is 5.47. The van der Waals surface area contributed by atoms with Gasteiger partial charge in [-0.2, -0.15) is 0 Å². The Balaban J connectivity index is 2.73. The molecule has 0 aromatic heterocycles. The van der Waals surface area contributed by atoms with E-state index in [1.54, 1.807) is 0 Å². The average molecular weight is 187 g/mol. The summed E-state index contributed by atoms with van der Waals surface area (Å²) in [5, 5.41) is 3.08. The lowest BCUT2D eigenvalue weighted by Crippen LogP contribution is -2.05. The molecule has 0 unspecified atom stereocenters. The molecule has 0 saturated carbocycles. The Hall–Kier alpha value is -1.26. The van der Waals surface area contributed by atoms with E-state index in [0.717, 1.165) is 18.5 Å². The molecular formula is C13H17N. The van der Waals surface area contributed by atoms with Crippen molar-refractivity contribution in [2.24, 2.45) is 0 Å². The second-order valence-corrected chi connectivity index (χ2v) is 3.47. The number of benzene rings is 1. The van der Waals surface area contributed by atoms with Gasteiger partial charge in [-0.25, -0.2) is 0 Å². The topological polar surface area (TPSA) is 12.0 Å². The highest BCUT2D eigenvalue weighted by Crippen LogP contribution is 2.08. The summed E-state index contributed by atoms with van der Waals surface area (Å²) in [4.78, 5) is 0. The molecule has 0 aliphatic rings. The molecule has 1 N–H and O–H groups in total. The van der Waals surface area contributed by atoms with Gasteiger partial charge in [0, 0.05) is 18.5 Å². The van der Waals surface area contributed by atoms with E-state index in [0.29, 0.717) is 0 Å². The van der Waals surface area contributed by atoms with Gasteiger partial charge in [-0.15, -0.1) is 0 Å². The molecular weight excluding hydrogens is 170 g/mol. The zero-order valence-corrected chi connectivity index (χ0v) is 9.15. The SMILES string of the molecule is CNCCC#Cc1cc(C)ccc1C. The molecule has 74 valence electrons.